The van der Waals surface area contributed by atoms with Gasteiger partial charge in [-0.05, 0) is 13.3 Å². The summed E-state index contributed by atoms with van der Waals surface area (Å²) in [5.74, 6) is -1.82. The van der Waals surface area contributed by atoms with Crippen LogP contribution < -0.4 is 16.4 Å². The first-order chi connectivity index (χ1) is 8.47. The molecule has 0 radical (unpaired) electrons. The number of nitrogens with one attached hydrogen (secondary N) is 2. The Hall–Kier alpha value is -1.83. The summed E-state index contributed by atoms with van der Waals surface area (Å²) in [4.78, 5) is 32.7. The van der Waals surface area contributed by atoms with Crippen molar-refractivity contribution in [2.24, 2.45) is 5.73 Å². The topological polar surface area (TPSA) is 131 Å². The number of nitrogens with two attached hydrogens (primary N) is 1. The molecule has 8 nitrogen and oxygen atoms in total. The highest BCUT2D eigenvalue weighted by molar-refractivity contribution is 5.83. The van der Waals surface area contributed by atoms with Crippen LogP contribution in [-0.4, -0.2) is 48.8 Å². The van der Waals surface area contributed by atoms with Crippen LogP contribution in [0, 0.1) is 0 Å². The highest BCUT2D eigenvalue weighted by Gasteiger charge is 2.20. The predicted molar refractivity (Wildman–Crippen MR) is 62.9 cm³/mol. The fraction of sp³-hybridized carbons (Fsp3) is 0.700. The number of hydrogen-bond acceptors (Lipinski definition) is 4. The number of urea groups is 1. The van der Waals surface area contributed by atoms with Crippen molar-refractivity contribution in [2.45, 2.75) is 25.8 Å². The van der Waals surface area contributed by atoms with E-state index in [1.165, 1.54) is 0 Å². The van der Waals surface area contributed by atoms with Crippen molar-refractivity contribution in [1.29, 1.82) is 0 Å². The van der Waals surface area contributed by atoms with Crippen molar-refractivity contribution < 1.29 is 24.2 Å². The van der Waals surface area contributed by atoms with Crippen LogP contribution in [0.5, 0.6) is 0 Å². The van der Waals surface area contributed by atoms with Crippen LogP contribution in [0.4, 0.5) is 4.79 Å². The molecule has 0 aliphatic heterocycles. The molecule has 0 spiro atoms. The lowest BCUT2D eigenvalue weighted by molar-refractivity contribution is -0.139. The molecule has 8 heteroatoms. The Morgan fingerprint density at radius 1 is 1.39 bits per heavy atom. The van der Waals surface area contributed by atoms with E-state index in [9.17, 15) is 14.4 Å². The SMILES string of the molecule is CCOCCNC(=O)N[C@@H](CCC(N)=O)C(=O)O. The summed E-state index contributed by atoms with van der Waals surface area (Å²) in [6, 6.07) is -1.75. The number of carboxylic acids is 1. The average molecular weight is 261 g/mol. The predicted octanol–water partition coefficient (Wildman–Crippen LogP) is -0.959. The van der Waals surface area contributed by atoms with Gasteiger partial charge in [-0.15, -0.1) is 0 Å². The molecule has 0 aromatic heterocycles. The van der Waals surface area contributed by atoms with Gasteiger partial charge in [0.1, 0.15) is 6.04 Å². The first-order valence-electron chi connectivity index (χ1n) is 5.60. The van der Waals surface area contributed by atoms with Gasteiger partial charge in [-0.1, -0.05) is 0 Å². The molecule has 0 fully saturated rings. The third-order valence-electron chi connectivity index (χ3n) is 2.02. The molecule has 0 aliphatic rings. The second-order valence-corrected chi connectivity index (χ2v) is 3.49. The van der Waals surface area contributed by atoms with Gasteiger partial charge in [0.15, 0.2) is 0 Å². The van der Waals surface area contributed by atoms with E-state index in [0.717, 1.165) is 0 Å². The van der Waals surface area contributed by atoms with Gasteiger partial charge >= 0.3 is 12.0 Å². The van der Waals surface area contributed by atoms with E-state index in [1.54, 1.807) is 0 Å². The van der Waals surface area contributed by atoms with Crippen LogP contribution in [0.1, 0.15) is 19.8 Å². The third-order valence-corrected chi connectivity index (χ3v) is 2.02. The average Bonchev–Trinajstić information content (AvgIpc) is 2.29. The molecule has 0 saturated heterocycles. The lowest BCUT2D eigenvalue weighted by Gasteiger charge is -2.14. The number of rotatable bonds is 9. The van der Waals surface area contributed by atoms with E-state index >= 15 is 0 Å². The van der Waals surface area contributed by atoms with Gasteiger partial charge < -0.3 is 26.2 Å². The number of carbonyl (C=O) groups is 3. The summed E-state index contributed by atoms with van der Waals surface area (Å²) in [5, 5.41) is 13.5. The number of amides is 3. The molecule has 0 heterocycles. The van der Waals surface area contributed by atoms with Gasteiger partial charge in [0.25, 0.3) is 0 Å². The maximum atomic E-state index is 11.3. The first-order valence-corrected chi connectivity index (χ1v) is 5.60. The maximum Gasteiger partial charge on any atom is 0.326 e. The summed E-state index contributed by atoms with van der Waals surface area (Å²) in [6.45, 7) is 2.99. The Bertz CT molecular complexity index is 295. The summed E-state index contributed by atoms with van der Waals surface area (Å²) >= 11 is 0. The van der Waals surface area contributed by atoms with Crippen molar-refractivity contribution >= 4 is 17.9 Å². The van der Waals surface area contributed by atoms with Crippen LogP contribution in [0.15, 0.2) is 0 Å². The van der Waals surface area contributed by atoms with E-state index in [2.05, 4.69) is 10.6 Å². The zero-order valence-electron chi connectivity index (χ0n) is 10.3. The third kappa shape index (κ3) is 8.34. The molecule has 18 heavy (non-hydrogen) atoms. The fourth-order valence-corrected chi connectivity index (χ4v) is 1.13. The van der Waals surface area contributed by atoms with Crippen molar-refractivity contribution in [2.75, 3.05) is 19.8 Å². The van der Waals surface area contributed by atoms with Crippen molar-refractivity contribution in [3.05, 3.63) is 0 Å². The normalized spacial score (nSPS) is 11.6. The summed E-state index contributed by atoms with van der Waals surface area (Å²) in [6.07, 6.45) is -0.139. The van der Waals surface area contributed by atoms with Gasteiger partial charge in [0, 0.05) is 19.6 Å². The lowest BCUT2D eigenvalue weighted by atomic mass is 10.1. The molecule has 3 amide bonds. The molecule has 104 valence electrons. The Kier molecular flexibility index (Phi) is 8.29. The zero-order chi connectivity index (χ0) is 14.0. The highest BCUT2D eigenvalue weighted by Crippen LogP contribution is 1.97. The quantitative estimate of drug-likeness (QED) is 0.397. The van der Waals surface area contributed by atoms with E-state index in [1.807, 2.05) is 6.92 Å². The summed E-state index contributed by atoms with van der Waals surface area (Å²) in [5.41, 5.74) is 4.91. The van der Waals surface area contributed by atoms with Crippen molar-refractivity contribution in [3.8, 4) is 0 Å². The lowest BCUT2D eigenvalue weighted by Crippen LogP contribution is -2.47. The Labute approximate surface area is 105 Å². The van der Waals surface area contributed by atoms with Crippen LogP contribution in [-0.2, 0) is 14.3 Å². The Morgan fingerprint density at radius 2 is 2.06 bits per heavy atom. The zero-order valence-corrected chi connectivity index (χ0v) is 10.3. The van der Waals surface area contributed by atoms with Crippen LogP contribution in [0.25, 0.3) is 0 Å². The highest BCUT2D eigenvalue weighted by atomic mass is 16.5. The molecule has 5 N–H and O–H groups in total. The van der Waals surface area contributed by atoms with Crippen molar-refractivity contribution in [1.82, 2.24) is 10.6 Å². The minimum Gasteiger partial charge on any atom is -0.480 e. The minimum atomic E-state index is -1.21. The molecule has 0 aromatic rings. The first kappa shape index (κ1) is 16.2. The smallest absolute Gasteiger partial charge is 0.326 e. The minimum absolute atomic E-state index is 0.0381. The van der Waals surface area contributed by atoms with Crippen LogP contribution in [0.2, 0.25) is 0 Å². The second kappa shape index (κ2) is 9.23. The Balaban J connectivity index is 3.96. The van der Waals surface area contributed by atoms with Gasteiger partial charge in [-0.3, -0.25) is 4.79 Å². The van der Waals surface area contributed by atoms with E-state index < -0.39 is 23.9 Å². The molecule has 0 bridgehead atoms. The molecule has 0 rings (SSSR count). The van der Waals surface area contributed by atoms with Gasteiger partial charge in [-0.2, -0.15) is 0 Å². The summed E-state index contributed by atoms with van der Waals surface area (Å²) in [7, 11) is 0. The van der Waals surface area contributed by atoms with Crippen LogP contribution >= 0.6 is 0 Å². The monoisotopic (exact) mass is 261 g/mol. The number of carboxylic acid groups (broad SMARTS) is 1. The number of hydrogen-bond donors (Lipinski definition) is 4. The number of carbonyl (C=O) groups excluding carboxylic acids is 2. The second-order valence-electron chi connectivity index (χ2n) is 3.49. The van der Waals surface area contributed by atoms with E-state index in [0.29, 0.717) is 13.2 Å². The largest absolute Gasteiger partial charge is 0.480 e. The maximum absolute atomic E-state index is 11.3. The van der Waals surface area contributed by atoms with Gasteiger partial charge in [-0.25, -0.2) is 9.59 Å². The standard InChI is InChI=1S/C10H19N3O5/c1-2-18-6-5-12-10(17)13-7(9(15)16)3-4-8(11)14/h7H,2-6H2,1H3,(H2,11,14)(H,15,16)(H2,12,13,17)/t7-/m0/s1. The molecular weight excluding hydrogens is 242 g/mol. The summed E-state index contributed by atoms with van der Waals surface area (Å²) < 4.78 is 5.00. The molecule has 1 atom stereocenters. The number of aliphatic carboxylic acids is 1. The van der Waals surface area contributed by atoms with Crippen molar-refractivity contribution in [3.63, 3.8) is 0 Å². The van der Waals surface area contributed by atoms with Gasteiger partial charge in [0.2, 0.25) is 5.91 Å². The molecule has 0 aliphatic carbocycles. The number of ether oxygens (including phenoxy) is 1. The molecule has 0 aromatic carbocycles. The molecular formula is C10H19N3O5. The van der Waals surface area contributed by atoms with E-state index in [-0.39, 0.29) is 19.4 Å². The van der Waals surface area contributed by atoms with Gasteiger partial charge in [0.05, 0.1) is 6.61 Å². The van der Waals surface area contributed by atoms with Crippen LogP contribution in [0.3, 0.4) is 0 Å². The Morgan fingerprint density at radius 3 is 2.56 bits per heavy atom. The fourth-order valence-electron chi connectivity index (χ4n) is 1.13. The molecule has 0 saturated carbocycles. The number of primary amides is 1. The van der Waals surface area contributed by atoms with E-state index in [4.69, 9.17) is 15.6 Å². The molecule has 0 unspecified atom stereocenters.